The maximum absolute atomic E-state index is 11.0. The van der Waals surface area contributed by atoms with Gasteiger partial charge in [-0.2, -0.15) is 0 Å². The lowest BCUT2D eigenvalue weighted by Gasteiger charge is -2.20. The summed E-state index contributed by atoms with van der Waals surface area (Å²) in [7, 11) is 3.09. The highest BCUT2D eigenvalue weighted by Gasteiger charge is 2.19. The van der Waals surface area contributed by atoms with Crippen molar-refractivity contribution in [3.05, 3.63) is 29.8 Å². The number of rotatable bonds is 7. The van der Waals surface area contributed by atoms with Crippen LogP contribution in [0.2, 0.25) is 0 Å². The average molecular weight is 253 g/mol. The van der Waals surface area contributed by atoms with Crippen LogP contribution in [0.5, 0.6) is 5.75 Å². The summed E-state index contributed by atoms with van der Waals surface area (Å²) in [5, 5.41) is 12.0. The number of carboxylic acid groups (broad SMARTS) is 1. The summed E-state index contributed by atoms with van der Waals surface area (Å²) in [5.74, 6) is -0.144. The second-order valence-corrected chi connectivity index (χ2v) is 4.01. The molecular formula is C13H19NO4. The molecule has 2 atom stereocenters. The molecule has 0 saturated carbocycles. The summed E-state index contributed by atoms with van der Waals surface area (Å²) in [4.78, 5) is 11.0. The van der Waals surface area contributed by atoms with Crippen molar-refractivity contribution in [2.45, 2.75) is 19.0 Å². The van der Waals surface area contributed by atoms with Crippen LogP contribution in [0.25, 0.3) is 0 Å². The van der Waals surface area contributed by atoms with Crippen LogP contribution in [-0.2, 0) is 9.53 Å². The number of carbonyl (C=O) groups is 1. The van der Waals surface area contributed by atoms with Gasteiger partial charge in [-0.25, -0.2) is 0 Å². The Morgan fingerprint density at radius 2 is 1.94 bits per heavy atom. The third-order valence-corrected chi connectivity index (χ3v) is 2.70. The Morgan fingerprint density at radius 1 is 1.33 bits per heavy atom. The molecule has 0 saturated heterocycles. The zero-order chi connectivity index (χ0) is 13.5. The topological polar surface area (TPSA) is 67.8 Å². The van der Waals surface area contributed by atoms with Crippen LogP contribution in [0.4, 0.5) is 0 Å². The quantitative estimate of drug-likeness (QED) is 0.769. The van der Waals surface area contributed by atoms with Crippen molar-refractivity contribution in [1.29, 1.82) is 0 Å². The van der Waals surface area contributed by atoms with E-state index < -0.39 is 12.0 Å². The summed E-state index contributed by atoms with van der Waals surface area (Å²) < 4.78 is 9.95. The first-order valence-corrected chi connectivity index (χ1v) is 5.70. The van der Waals surface area contributed by atoms with Crippen molar-refractivity contribution < 1.29 is 19.4 Å². The van der Waals surface area contributed by atoms with Crippen LogP contribution in [-0.4, -0.2) is 37.9 Å². The molecule has 18 heavy (non-hydrogen) atoms. The van der Waals surface area contributed by atoms with Crippen LogP contribution in [0, 0.1) is 0 Å². The van der Waals surface area contributed by atoms with Crippen LogP contribution >= 0.6 is 0 Å². The highest BCUT2D eigenvalue weighted by molar-refractivity contribution is 5.73. The predicted molar refractivity (Wildman–Crippen MR) is 67.8 cm³/mol. The van der Waals surface area contributed by atoms with Gasteiger partial charge in [0.1, 0.15) is 11.8 Å². The number of carboxylic acids is 1. The maximum atomic E-state index is 11.0. The van der Waals surface area contributed by atoms with E-state index in [9.17, 15) is 4.79 Å². The second-order valence-electron chi connectivity index (χ2n) is 4.01. The van der Waals surface area contributed by atoms with Crippen molar-refractivity contribution in [3.63, 3.8) is 0 Å². The standard InChI is InChI=1S/C13H19NO4/c1-9(14-12(8-17-2)13(15)16)10-4-6-11(18-3)7-5-10/h4-7,9,12,14H,8H2,1-3H3,(H,15,16)/t9-,12?/m0/s1. The normalized spacial score (nSPS) is 13.9. The van der Waals surface area contributed by atoms with E-state index in [0.29, 0.717) is 0 Å². The molecule has 0 heterocycles. The summed E-state index contributed by atoms with van der Waals surface area (Å²) in [5.41, 5.74) is 0.998. The van der Waals surface area contributed by atoms with Crippen LogP contribution in [0.15, 0.2) is 24.3 Å². The van der Waals surface area contributed by atoms with Gasteiger partial charge in [0.25, 0.3) is 0 Å². The number of aliphatic carboxylic acids is 1. The first kappa shape index (κ1) is 14.5. The van der Waals surface area contributed by atoms with Gasteiger partial charge >= 0.3 is 5.97 Å². The van der Waals surface area contributed by atoms with E-state index >= 15 is 0 Å². The van der Waals surface area contributed by atoms with Gasteiger partial charge in [0, 0.05) is 13.2 Å². The zero-order valence-corrected chi connectivity index (χ0v) is 10.8. The molecule has 1 rings (SSSR count). The highest BCUT2D eigenvalue weighted by atomic mass is 16.5. The van der Waals surface area contributed by atoms with Gasteiger partial charge < -0.3 is 14.6 Å². The molecule has 1 aromatic rings. The molecule has 1 unspecified atom stereocenters. The lowest BCUT2D eigenvalue weighted by molar-refractivity contribution is -0.141. The number of hydrogen-bond donors (Lipinski definition) is 2. The van der Waals surface area contributed by atoms with Gasteiger partial charge in [-0.05, 0) is 24.6 Å². The van der Waals surface area contributed by atoms with Gasteiger partial charge in [0.2, 0.25) is 0 Å². The Balaban J connectivity index is 2.67. The van der Waals surface area contributed by atoms with Crippen LogP contribution in [0.3, 0.4) is 0 Å². The second kappa shape index (κ2) is 6.98. The van der Waals surface area contributed by atoms with E-state index in [1.807, 2.05) is 31.2 Å². The van der Waals surface area contributed by atoms with Crippen LogP contribution < -0.4 is 10.1 Å². The molecule has 0 amide bonds. The molecular weight excluding hydrogens is 234 g/mol. The molecule has 2 N–H and O–H groups in total. The van der Waals surface area contributed by atoms with E-state index in [4.69, 9.17) is 14.6 Å². The smallest absolute Gasteiger partial charge is 0.323 e. The Morgan fingerprint density at radius 3 is 2.39 bits per heavy atom. The van der Waals surface area contributed by atoms with Crippen molar-refractivity contribution in [1.82, 2.24) is 5.32 Å². The van der Waals surface area contributed by atoms with Gasteiger partial charge in [-0.3, -0.25) is 10.1 Å². The van der Waals surface area contributed by atoms with Gasteiger partial charge in [-0.15, -0.1) is 0 Å². The third kappa shape index (κ3) is 4.01. The monoisotopic (exact) mass is 253 g/mol. The Bertz CT molecular complexity index is 377. The fourth-order valence-corrected chi connectivity index (χ4v) is 1.65. The lowest BCUT2D eigenvalue weighted by atomic mass is 10.1. The number of benzene rings is 1. The largest absolute Gasteiger partial charge is 0.497 e. The Labute approximate surface area is 107 Å². The highest BCUT2D eigenvalue weighted by Crippen LogP contribution is 2.17. The number of hydrogen-bond acceptors (Lipinski definition) is 4. The third-order valence-electron chi connectivity index (χ3n) is 2.70. The van der Waals surface area contributed by atoms with Gasteiger partial charge in [0.05, 0.1) is 13.7 Å². The molecule has 5 heteroatoms. The lowest BCUT2D eigenvalue weighted by Crippen LogP contribution is -2.41. The molecule has 0 aliphatic rings. The maximum Gasteiger partial charge on any atom is 0.323 e. The Kier molecular flexibility index (Phi) is 5.61. The van der Waals surface area contributed by atoms with Gasteiger partial charge in [0.15, 0.2) is 0 Å². The van der Waals surface area contributed by atoms with Gasteiger partial charge in [-0.1, -0.05) is 12.1 Å². The van der Waals surface area contributed by atoms with Crippen molar-refractivity contribution in [2.75, 3.05) is 20.8 Å². The van der Waals surface area contributed by atoms with Crippen molar-refractivity contribution in [2.24, 2.45) is 0 Å². The zero-order valence-electron chi connectivity index (χ0n) is 10.8. The molecule has 0 aliphatic heterocycles. The molecule has 100 valence electrons. The van der Waals surface area contributed by atoms with E-state index in [0.717, 1.165) is 11.3 Å². The molecule has 0 bridgehead atoms. The molecule has 0 aromatic heterocycles. The minimum absolute atomic E-state index is 0.0767. The molecule has 0 fully saturated rings. The van der Waals surface area contributed by atoms with Crippen molar-refractivity contribution in [3.8, 4) is 5.75 Å². The summed E-state index contributed by atoms with van der Waals surface area (Å²) in [6, 6.07) is 6.71. The average Bonchev–Trinajstić information content (AvgIpc) is 2.38. The minimum Gasteiger partial charge on any atom is -0.497 e. The van der Waals surface area contributed by atoms with Crippen LogP contribution in [0.1, 0.15) is 18.5 Å². The molecule has 0 spiro atoms. The molecule has 5 nitrogen and oxygen atoms in total. The summed E-state index contributed by atoms with van der Waals surface area (Å²) in [6.45, 7) is 2.04. The van der Waals surface area contributed by atoms with Crippen molar-refractivity contribution >= 4 is 5.97 Å². The van der Waals surface area contributed by atoms with E-state index in [1.54, 1.807) is 7.11 Å². The fourth-order valence-electron chi connectivity index (χ4n) is 1.65. The first-order chi connectivity index (χ1) is 8.58. The molecule has 0 radical (unpaired) electrons. The van der Waals surface area contributed by atoms with E-state index in [2.05, 4.69) is 5.32 Å². The number of ether oxygens (including phenoxy) is 2. The Hall–Kier alpha value is -1.59. The van der Waals surface area contributed by atoms with E-state index in [1.165, 1.54) is 7.11 Å². The fraction of sp³-hybridized carbons (Fsp3) is 0.462. The molecule has 1 aromatic carbocycles. The minimum atomic E-state index is -0.919. The predicted octanol–water partition coefficient (Wildman–Crippen LogP) is 1.45. The SMILES string of the molecule is COCC(N[C@@H](C)c1ccc(OC)cc1)C(=O)O. The van der Waals surface area contributed by atoms with E-state index in [-0.39, 0.29) is 12.6 Å². The first-order valence-electron chi connectivity index (χ1n) is 5.70. The number of methoxy groups -OCH3 is 2. The summed E-state index contributed by atoms with van der Waals surface area (Å²) >= 11 is 0. The molecule has 0 aliphatic carbocycles. The number of nitrogens with one attached hydrogen (secondary N) is 1. The summed E-state index contributed by atoms with van der Waals surface area (Å²) in [6.07, 6.45) is 0.